The summed E-state index contributed by atoms with van der Waals surface area (Å²) in [6, 6.07) is 1.67. The number of nitrogens with zero attached hydrogens (tertiary/aromatic N) is 1. The van der Waals surface area contributed by atoms with Crippen LogP contribution in [0.3, 0.4) is 0 Å². The Morgan fingerprint density at radius 2 is 2.20 bits per heavy atom. The molecule has 1 fully saturated rings. The van der Waals surface area contributed by atoms with Crippen molar-refractivity contribution in [3.63, 3.8) is 0 Å². The number of nitrogens with one attached hydrogen (secondary N) is 1. The largest absolute Gasteiger partial charge is 0.396 e. The second-order valence-electron chi connectivity index (χ2n) is 5.33. The number of nitrogens with two attached hydrogens (primary N) is 1. The molecule has 0 aliphatic carbocycles. The van der Waals surface area contributed by atoms with E-state index >= 15 is 0 Å². The zero-order chi connectivity index (χ0) is 14.7. The predicted molar refractivity (Wildman–Crippen MR) is 73.3 cm³/mol. The molecule has 1 unspecified atom stereocenters. The van der Waals surface area contributed by atoms with E-state index in [1.165, 1.54) is 0 Å². The minimum Gasteiger partial charge on any atom is -0.396 e. The van der Waals surface area contributed by atoms with Crippen molar-refractivity contribution < 1.29 is 13.6 Å². The standard InChI is InChI=1S/C14H19F2N3O/c1-19-4-2-3-9(8-19)7-18-14(20)10-5-13(17)12(16)6-11(10)15/h5-6,9H,2-4,7-8,17H2,1H3,(H,18,20). The smallest absolute Gasteiger partial charge is 0.254 e. The maximum absolute atomic E-state index is 13.5. The van der Waals surface area contributed by atoms with Crippen LogP contribution in [0.5, 0.6) is 0 Å². The van der Waals surface area contributed by atoms with E-state index in [-0.39, 0.29) is 11.3 Å². The van der Waals surface area contributed by atoms with Gasteiger partial charge in [0, 0.05) is 19.2 Å². The van der Waals surface area contributed by atoms with E-state index in [4.69, 9.17) is 5.73 Å². The van der Waals surface area contributed by atoms with Crippen LogP contribution in [0, 0.1) is 17.6 Å². The summed E-state index contributed by atoms with van der Waals surface area (Å²) in [5.41, 5.74) is 4.91. The van der Waals surface area contributed by atoms with Gasteiger partial charge in [0.05, 0.1) is 11.3 Å². The Kier molecular flexibility index (Phi) is 4.54. The highest BCUT2D eigenvalue weighted by Crippen LogP contribution is 2.17. The molecule has 2 rings (SSSR count). The molecule has 1 aliphatic rings. The normalized spacial score (nSPS) is 19.9. The predicted octanol–water partition coefficient (Wildman–Crippen LogP) is 1.62. The molecular weight excluding hydrogens is 264 g/mol. The molecule has 0 saturated carbocycles. The van der Waals surface area contributed by atoms with Gasteiger partial charge in [-0.15, -0.1) is 0 Å². The number of nitrogen functional groups attached to an aromatic ring is 1. The average Bonchev–Trinajstić information content (AvgIpc) is 2.40. The fourth-order valence-electron chi connectivity index (χ4n) is 2.51. The van der Waals surface area contributed by atoms with E-state index in [9.17, 15) is 13.6 Å². The van der Waals surface area contributed by atoms with Gasteiger partial charge in [0.25, 0.3) is 5.91 Å². The van der Waals surface area contributed by atoms with Crippen LogP contribution in [-0.2, 0) is 0 Å². The lowest BCUT2D eigenvalue weighted by Gasteiger charge is -2.29. The van der Waals surface area contributed by atoms with Gasteiger partial charge in [-0.1, -0.05) is 0 Å². The minimum absolute atomic E-state index is 0.215. The third kappa shape index (κ3) is 3.45. The van der Waals surface area contributed by atoms with Gasteiger partial charge < -0.3 is 16.0 Å². The first kappa shape index (κ1) is 14.7. The van der Waals surface area contributed by atoms with E-state index in [0.717, 1.165) is 32.0 Å². The van der Waals surface area contributed by atoms with E-state index in [0.29, 0.717) is 18.5 Å². The number of rotatable bonds is 3. The fourth-order valence-corrected chi connectivity index (χ4v) is 2.51. The van der Waals surface area contributed by atoms with Gasteiger partial charge in [-0.05, 0) is 38.4 Å². The molecule has 1 aliphatic heterocycles. The monoisotopic (exact) mass is 283 g/mol. The fraction of sp³-hybridized carbons (Fsp3) is 0.500. The van der Waals surface area contributed by atoms with Crippen LogP contribution in [0.2, 0.25) is 0 Å². The van der Waals surface area contributed by atoms with E-state index < -0.39 is 17.5 Å². The molecule has 20 heavy (non-hydrogen) atoms. The van der Waals surface area contributed by atoms with Gasteiger partial charge in [0.15, 0.2) is 0 Å². The average molecular weight is 283 g/mol. The topological polar surface area (TPSA) is 58.4 Å². The molecule has 0 spiro atoms. The van der Waals surface area contributed by atoms with Crippen LogP contribution in [0.25, 0.3) is 0 Å². The Labute approximate surface area is 116 Å². The number of carbonyl (C=O) groups is 1. The third-order valence-corrected chi connectivity index (χ3v) is 3.60. The summed E-state index contributed by atoms with van der Waals surface area (Å²) in [4.78, 5) is 14.1. The van der Waals surface area contributed by atoms with Gasteiger partial charge >= 0.3 is 0 Å². The maximum atomic E-state index is 13.5. The third-order valence-electron chi connectivity index (χ3n) is 3.60. The maximum Gasteiger partial charge on any atom is 0.254 e. The molecule has 0 aromatic heterocycles. The van der Waals surface area contributed by atoms with Crippen LogP contribution in [0.15, 0.2) is 12.1 Å². The van der Waals surface area contributed by atoms with Gasteiger partial charge in [0.1, 0.15) is 11.6 Å². The molecule has 4 nitrogen and oxygen atoms in total. The number of carbonyl (C=O) groups excluding carboxylic acids is 1. The molecule has 110 valence electrons. The van der Waals surface area contributed by atoms with Crippen molar-refractivity contribution in [2.45, 2.75) is 12.8 Å². The number of hydrogen-bond acceptors (Lipinski definition) is 3. The molecule has 0 radical (unpaired) electrons. The van der Waals surface area contributed by atoms with Crippen LogP contribution in [0.4, 0.5) is 14.5 Å². The summed E-state index contributed by atoms with van der Waals surface area (Å²) >= 11 is 0. The zero-order valence-electron chi connectivity index (χ0n) is 11.5. The highest BCUT2D eigenvalue weighted by molar-refractivity contribution is 5.95. The van der Waals surface area contributed by atoms with Crippen molar-refractivity contribution in [3.8, 4) is 0 Å². The summed E-state index contributed by atoms with van der Waals surface area (Å²) in [5, 5.41) is 2.69. The first-order valence-electron chi connectivity index (χ1n) is 6.68. The lowest BCUT2D eigenvalue weighted by molar-refractivity contribution is 0.0932. The second kappa shape index (κ2) is 6.17. The second-order valence-corrected chi connectivity index (χ2v) is 5.33. The molecule has 3 N–H and O–H groups in total. The molecule has 6 heteroatoms. The highest BCUT2D eigenvalue weighted by Gasteiger charge is 2.19. The molecule has 1 atom stereocenters. The van der Waals surface area contributed by atoms with Gasteiger partial charge in [-0.3, -0.25) is 4.79 Å². The summed E-state index contributed by atoms with van der Waals surface area (Å²) < 4.78 is 26.6. The van der Waals surface area contributed by atoms with Gasteiger partial charge in [0.2, 0.25) is 0 Å². The van der Waals surface area contributed by atoms with Crippen molar-refractivity contribution in [3.05, 3.63) is 29.3 Å². The van der Waals surface area contributed by atoms with Crippen molar-refractivity contribution >= 4 is 11.6 Å². The van der Waals surface area contributed by atoms with Crippen molar-refractivity contribution in [1.29, 1.82) is 0 Å². The van der Waals surface area contributed by atoms with E-state index in [1.807, 2.05) is 7.05 Å². The Balaban J connectivity index is 1.96. The van der Waals surface area contributed by atoms with Crippen LogP contribution in [0.1, 0.15) is 23.2 Å². The van der Waals surface area contributed by atoms with Crippen molar-refractivity contribution in [2.75, 3.05) is 32.4 Å². The van der Waals surface area contributed by atoms with Crippen LogP contribution in [-0.4, -0.2) is 37.5 Å². The Morgan fingerprint density at radius 1 is 1.45 bits per heavy atom. The first-order valence-corrected chi connectivity index (χ1v) is 6.68. The quantitative estimate of drug-likeness (QED) is 0.829. The zero-order valence-corrected chi connectivity index (χ0v) is 11.5. The van der Waals surface area contributed by atoms with Crippen LogP contribution >= 0.6 is 0 Å². The van der Waals surface area contributed by atoms with Crippen LogP contribution < -0.4 is 11.1 Å². The Morgan fingerprint density at radius 3 is 2.90 bits per heavy atom. The number of likely N-dealkylation sites (tertiary alicyclic amines) is 1. The summed E-state index contributed by atoms with van der Waals surface area (Å²) in [6.45, 7) is 2.46. The lowest BCUT2D eigenvalue weighted by atomic mass is 9.98. The number of hydrogen-bond donors (Lipinski definition) is 2. The summed E-state index contributed by atoms with van der Waals surface area (Å²) in [5.74, 6) is -1.94. The first-order chi connectivity index (χ1) is 9.47. The van der Waals surface area contributed by atoms with E-state index in [1.54, 1.807) is 0 Å². The number of anilines is 1. The van der Waals surface area contributed by atoms with Gasteiger partial charge in [-0.25, -0.2) is 8.78 Å². The van der Waals surface area contributed by atoms with E-state index in [2.05, 4.69) is 10.2 Å². The molecule has 1 aromatic carbocycles. The minimum atomic E-state index is -0.894. The number of piperidine rings is 1. The summed E-state index contributed by atoms with van der Waals surface area (Å²) in [6.07, 6.45) is 2.13. The molecular formula is C14H19F2N3O. The molecule has 1 aromatic rings. The van der Waals surface area contributed by atoms with Crippen molar-refractivity contribution in [1.82, 2.24) is 10.2 Å². The van der Waals surface area contributed by atoms with Gasteiger partial charge in [-0.2, -0.15) is 0 Å². The van der Waals surface area contributed by atoms with Crippen molar-refractivity contribution in [2.24, 2.45) is 5.92 Å². The number of halogens is 2. The Hall–Kier alpha value is -1.69. The SMILES string of the molecule is CN1CCCC(CNC(=O)c2cc(N)c(F)cc2F)C1. The summed E-state index contributed by atoms with van der Waals surface area (Å²) in [7, 11) is 2.04. The molecule has 1 amide bonds. The molecule has 1 heterocycles. The lowest BCUT2D eigenvalue weighted by Crippen LogP contribution is -2.39. The number of benzene rings is 1. The highest BCUT2D eigenvalue weighted by atomic mass is 19.1. The molecule has 1 saturated heterocycles. The Bertz CT molecular complexity index is 507. The number of amides is 1. The molecule has 0 bridgehead atoms.